The third-order valence-corrected chi connectivity index (χ3v) is 19.5. The molecule has 0 nitrogen and oxygen atoms in total. The van der Waals surface area contributed by atoms with Gasteiger partial charge in [0.05, 0.1) is 0 Å². The third kappa shape index (κ3) is 3.82. The number of unbranched alkanes of at least 4 members (excludes halogenated alkanes) is 1. The summed E-state index contributed by atoms with van der Waals surface area (Å²) in [6, 6.07) is 4.82. The first-order valence-corrected chi connectivity index (χ1v) is 13.3. The minimum absolute atomic E-state index is 0. The van der Waals surface area contributed by atoms with Gasteiger partial charge in [0.1, 0.15) is 0 Å². The fourth-order valence-electron chi connectivity index (χ4n) is 4.05. The maximum atomic E-state index is 2.74. The SMILES string of the molecule is CCCC[Si]1([C]2([Zr+2][C]3=CC=CC3)C=CC(C)=C2)CCC1.[Cl-].[Cl-]. The normalized spacial score (nSPS) is 27.2. The number of hydrogen-bond acceptors (Lipinski definition) is 0. The summed E-state index contributed by atoms with van der Waals surface area (Å²) in [5.74, 6) is 0. The Morgan fingerprint density at radius 2 is 2.05 bits per heavy atom. The van der Waals surface area contributed by atoms with Crippen molar-refractivity contribution in [3.05, 3.63) is 45.3 Å². The first-order chi connectivity index (χ1) is 9.70. The molecule has 4 heteroatoms. The minimum Gasteiger partial charge on any atom is -1.00 e. The van der Waals surface area contributed by atoms with Crippen LogP contribution in [0.4, 0.5) is 0 Å². The van der Waals surface area contributed by atoms with Crippen LogP contribution in [0, 0.1) is 0 Å². The molecule has 0 saturated carbocycles. The van der Waals surface area contributed by atoms with Crippen molar-refractivity contribution in [1.82, 2.24) is 0 Å². The van der Waals surface area contributed by atoms with E-state index >= 15 is 0 Å². The van der Waals surface area contributed by atoms with Crippen LogP contribution in [0.5, 0.6) is 0 Å². The summed E-state index contributed by atoms with van der Waals surface area (Å²) in [6.45, 7) is 4.68. The Morgan fingerprint density at radius 1 is 1.27 bits per heavy atom. The molecular weight excluding hydrogens is 406 g/mol. The molecule has 0 aromatic heterocycles. The van der Waals surface area contributed by atoms with Crippen LogP contribution in [-0.2, 0) is 23.2 Å². The molecule has 3 aliphatic rings. The van der Waals surface area contributed by atoms with Crippen LogP contribution >= 0.6 is 0 Å². The monoisotopic (exact) mass is 430 g/mol. The van der Waals surface area contributed by atoms with E-state index in [1.165, 1.54) is 25.7 Å². The summed E-state index contributed by atoms with van der Waals surface area (Å²) in [4.78, 5) is 0. The van der Waals surface area contributed by atoms with Crippen LogP contribution in [0.1, 0.15) is 39.5 Å². The molecule has 0 radical (unpaired) electrons. The molecule has 2 aliphatic carbocycles. The van der Waals surface area contributed by atoms with Gasteiger partial charge in [0.15, 0.2) is 0 Å². The molecule has 1 fully saturated rings. The van der Waals surface area contributed by atoms with E-state index < -0.39 is 31.3 Å². The Balaban J connectivity index is 0.00000121. The molecule has 1 heterocycles. The van der Waals surface area contributed by atoms with Crippen LogP contribution in [0.15, 0.2) is 45.3 Å². The molecule has 0 N–H and O–H groups in total. The number of halogens is 2. The van der Waals surface area contributed by atoms with Gasteiger partial charge in [-0.25, -0.2) is 0 Å². The zero-order chi connectivity index (χ0) is 14.1. The van der Waals surface area contributed by atoms with Crippen molar-refractivity contribution in [3.63, 3.8) is 0 Å². The van der Waals surface area contributed by atoms with Crippen LogP contribution in [0.25, 0.3) is 0 Å². The van der Waals surface area contributed by atoms with Gasteiger partial charge in [0.2, 0.25) is 0 Å². The summed E-state index contributed by atoms with van der Waals surface area (Å²) in [7, 11) is -1.05. The van der Waals surface area contributed by atoms with E-state index in [9.17, 15) is 0 Å². The predicted molar refractivity (Wildman–Crippen MR) is 87.1 cm³/mol. The molecule has 22 heavy (non-hydrogen) atoms. The van der Waals surface area contributed by atoms with E-state index in [1.807, 2.05) is 3.28 Å². The summed E-state index contributed by atoms with van der Waals surface area (Å²) in [5, 5.41) is 0. The van der Waals surface area contributed by atoms with Crippen molar-refractivity contribution in [2.24, 2.45) is 0 Å². The molecule has 3 rings (SSSR count). The summed E-state index contributed by atoms with van der Waals surface area (Å²) < 4.78 is 2.46. The average Bonchev–Trinajstić information content (AvgIpc) is 3.00. The zero-order valence-corrected chi connectivity index (χ0v) is 18.6. The van der Waals surface area contributed by atoms with Gasteiger partial charge in [-0.15, -0.1) is 0 Å². The molecule has 0 aromatic rings. The molecule has 1 aliphatic heterocycles. The van der Waals surface area contributed by atoms with Gasteiger partial charge in [-0.1, -0.05) is 0 Å². The second-order valence-corrected chi connectivity index (χ2v) is 17.1. The van der Waals surface area contributed by atoms with Crippen molar-refractivity contribution in [1.29, 1.82) is 0 Å². The fourth-order valence-corrected chi connectivity index (χ4v) is 18.4. The molecule has 0 aromatic carbocycles. The van der Waals surface area contributed by atoms with Crippen molar-refractivity contribution < 1.29 is 48.0 Å². The molecular formula is C18H26Cl2SiZr. The maximum absolute atomic E-state index is 2.74. The van der Waals surface area contributed by atoms with E-state index in [4.69, 9.17) is 0 Å². The van der Waals surface area contributed by atoms with Crippen molar-refractivity contribution in [2.75, 3.05) is 0 Å². The van der Waals surface area contributed by atoms with Gasteiger partial charge in [0, 0.05) is 0 Å². The van der Waals surface area contributed by atoms with Gasteiger partial charge in [0.25, 0.3) is 0 Å². The zero-order valence-electron chi connectivity index (χ0n) is 13.7. The molecule has 120 valence electrons. The fraction of sp³-hybridized carbons (Fsp3) is 0.556. The first-order valence-electron chi connectivity index (χ1n) is 8.22. The van der Waals surface area contributed by atoms with Gasteiger partial charge < -0.3 is 24.8 Å². The topological polar surface area (TPSA) is 0 Å². The molecule has 0 spiro atoms. The maximum Gasteiger partial charge on any atom is -1.00 e. The Hall–Kier alpha value is 0.640. The number of hydrogen-bond donors (Lipinski definition) is 0. The molecule has 0 bridgehead atoms. The van der Waals surface area contributed by atoms with Gasteiger partial charge in [-0.2, -0.15) is 0 Å². The molecule has 1 atom stereocenters. The van der Waals surface area contributed by atoms with Crippen LogP contribution in [-0.4, -0.2) is 8.07 Å². The first kappa shape index (κ1) is 20.7. The smallest absolute Gasteiger partial charge is 1.00 e. The van der Waals surface area contributed by atoms with Crippen LogP contribution in [0.2, 0.25) is 20.9 Å². The van der Waals surface area contributed by atoms with Crippen molar-refractivity contribution in [3.8, 4) is 0 Å². The van der Waals surface area contributed by atoms with E-state index in [-0.39, 0.29) is 24.8 Å². The van der Waals surface area contributed by atoms with Crippen LogP contribution < -0.4 is 24.8 Å². The second kappa shape index (κ2) is 8.65. The Bertz CT molecular complexity index is 503. The van der Waals surface area contributed by atoms with Crippen molar-refractivity contribution in [2.45, 2.75) is 60.4 Å². The van der Waals surface area contributed by atoms with E-state index in [1.54, 1.807) is 23.7 Å². The number of allylic oxidation sites excluding steroid dienone is 8. The van der Waals surface area contributed by atoms with Gasteiger partial charge in [-0.3, -0.25) is 0 Å². The summed E-state index contributed by atoms with van der Waals surface area (Å²) in [6.07, 6.45) is 20.6. The quantitative estimate of drug-likeness (QED) is 0.510. The Kier molecular flexibility index (Phi) is 8.14. The molecule has 1 unspecified atom stereocenters. The largest absolute Gasteiger partial charge is 1.00 e. The van der Waals surface area contributed by atoms with E-state index in [0.29, 0.717) is 2.75 Å². The third-order valence-electron chi connectivity index (χ3n) is 5.40. The van der Waals surface area contributed by atoms with Crippen molar-refractivity contribution >= 4 is 8.07 Å². The van der Waals surface area contributed by atoms with Gasteiger partial charge in [-0.05, 0) is 0 Å². The second-order valence-electron chi connectivity index (χ2n) is 6.78. The summed E-state index contributed by atoms with van der Waals surface area (Å²) >= 11 is -0.500. The van der Waals surface area contributed by atoms with Crippen LogP contribution in [0.3, 0.4) is 0 Å². The predicted octanol–water partition coefficient (Wildman–Crippen LogP) is -0.213. The van der Waals surface area contributed by atoms with E-state index in [2.05, 4.69) is 50.3 Å². The number of rotatable bonds is 6. The molecule has 0 amide bonds. The Morgan fingerprint density at radius 3 is 2.50 bits per heavy atom. The molecule has 1 saturated heterocycles. The Labute approximate surface area is 161 Å². The summed E-state index contributed by atoms with van der Waals surface area (Å²) in [5.41, 5.74) is 1.55. The van der Waals surface area contributed by atoms with E-state index in [0.717, 1.165) is 0 Å². The standard InChI is InChI=1S/C13H21Si.C5H5.2ClH.Zr/c1-3-4-8-14(9-5-10-14)13-7-6-12(2)11-13;1-2-4-5-3-1;;;/h6-7,11H,3-5,8-10H2,1-2H3;1-3H,4H2;2*1H;/q;;;;+2/p-2. The minimum atomic E-state index is -1.05. The van der Waals surface area contributed by atoms with Gasteiger partial charge >= 0.3 is 137 Å². The average molecular weight is 433 g/mol.